The van der Waals surface area contributed by atoms with Crippen LogP contribution in [0.25, 0.3) is 11.5 Å². The van der Waals surface area contributed by atoms with Gasteiger partial charge in [0, 0.05) is 18.7 Å². The van der Waals surface area contributed by atoms with Crippen LogP contribution in [0, 0.1) is 6.92 Å². The molecule has 0 unspecified atom stereocenters. The normalized spacial score (nSPS) is 10.6. The number of amides is 1. The molecule has 0 fully saturated rings. The molecule has 0 bridgehead atoms. The van der Waals surface area contributed by atoms with Gasteiger partial charge >= 0.3 is 0 Å². The van der Waals surface area contributed by atoms with Crippen LogP contribution < -0.4 is 10.6 Å². The van der Waals surface area contributed by atoms with Gasteiger partial charge in [0.15, 0.2) is 5.69 Å². The maximum absolute atomic E-state index is 12.1. The zero-order chi connectivity index (χ0) is 15.1. The number of rotatable bonds is 7. The van der Waals surface area contributed by atoms with Crippen LogP contribution >= 0.6 is 0 Å². The summed E-state index contributed by atoms with van der Waals surface area (Å²) >= 11 is 0. The Morgan fingerprint density at radius 2 is 1.95 bits per heavy atom. The molecule has 1 aromatic heterocycles. The van der Waals surface area contributed by atoms with Gasteiger partial charge in [0.1, 0.15) is 5.76 Å². The molecule has 0 spiro atoms. The average Bonchev–Trinajstić information content (AvgIpc) is 2.90. The fourth-order valence-electron chi connectivity index (χ4n) is 1.96. The van der Waals surface area contributed by atoms with E-state index >= 15 is 0 Å². The van der Waals surface area contributed by atoms with Crippen molar-refractivity contribution in [2.45, 2.75) is 20.3 Å². The van der Waals surface area contributed by atoms with Crippen LogP contribution in [0.2, 0.25) is 0 Å². The smallest absolute Gasteiger partial charge is 0.273 e. The third-order valence-electron chi connectivity index (χ3n) is 3.05. The molecule has 0 atom stereocenters. The summed E-state index contributed by atoms with van der Waals surface area (Å²) in [5, 5.41) is 6.07. The minimum absolute atomic E-state index is 0.197. The van der Waals surface area contributed by atoms with Crippen molar-refractivity contribution in [3.63, 3.8) is 0 Å². The van der Waals surface area contributed by atoms with E-state index in [9.17, 15) is 4.79 Å². The Balaban J connectivity index is 1.97. The lowest BCUT2D eigenvalue weighted by Gasteiger charge is -2.04. The topological polar surface area (TPSA) is 67.2 Å². The Labute approximate surface area is 124 Å². The Bertz CT molecular complexity index is 578. The lowest BCUT2D eigenvalue weighted by atomic mass is 10.2. The number of hydrogen-bond donors (Lipinski definition) is 2. The Kier molecular flexibility index (Phi) is 5.51. The summed E-state index contributed by atoms with van der Waals surface area (Å²) in [6.07, 6.45) is 1.08. The quantitative estimate of drug-likeness (QED) is 0.767. The predicted octanol–water partition coefficient (Wildman–Crippen LogP) is 2.38. The van der Waals surface area contributed by atoms with Crippen molar-refractivity contribution >= 4 is 5.91 Å². The number of aromatic nitrogens is 1. The molecule has 0 aliphatic rings. The molecule has 21 heavy (non-hydrogen) atoms. The maximum atomic E-state index is 12.1. The first-order chi connectivity index (χ1) is 10.2. The fourth-order valence-corrected chi connectivity index (χ4v) is 1.96. The van der Waals surface area contributed by atoms with Crippen molar-refractivity contribution in [3.8, 4) is 11.5 Å². The Morgan fingerprint density at radius 3 is 2.67 bits per heavy atom. The SMILES string of the molecule is CCCNCCNC(=O)c1nc(-c2ccccc2)oc1C. The number of aryl methyl sites for hydroxylation is 1. The molecule has 2 rings (SSSR count). The van der Waals surface area contributed by atoms with E-state index in [0.29, 0.717) is 23.9 Å². The summed E-state index contributed by atoms with van der Waals surface area (Å²) in [4.78, 5) is 16.4. The first-order valence-corrected chi connectivity index (χ1v) is 7.24. The zero-order valence-electron chi connectivity index (χ0n) is 12.5. The van der Waals surface area contributed by atoms with E-state index in [-0.39, 0.29) is 5.91 Å². The van der Waals surface area contributed by atoms with Crippen molar-refractivity contribution in [1.82, 2.24) is 15.6 Å². The number of hydrogen-bond acceptors (Lipinski definition) is 4. The molecule has 0 aliphatic carbocycles. The standard InChI is InChI=1S/C16H21N3O2/c1-3-9-17-10-11-18-15(20)14-12(2)21-16(19-14)13-7-5-4-6-8-13/h4-8,17H,3,9-11H2,1-2H3,(H,18,20). The van der Waals surface area contributed by atoms with E-state index in [0.717, 1.165) is 25.1 Å². The molecule has 0 aliphatic heterocycles. The molecule has 112 valence electrons. The first kappa shape index (κ1) is 15.3. The summed E-state index contributed by atoms with van der Waals surface area (Å²) in [5.74, 6) is 0.812. The number of nitrogens with one attached hydrogen (secondary N) is 2. The number of benzene rings is 1. The van der Waals surface area contributed by atoms with Gasteiger partial charge in [-0.15, -0.1) is 0 Å². The molecular formula is C16H21N3O2. The summed E-state index contributed by atoms with van der Waals surface area (Å²) in [6, 6.07) is 9.56. The molecule has 2 N–H and O–H groups in total. The summed E-state index contributed by atoms with van der Waals surface area (Å²) in [6.45, 7) is 6.14. The Hall–Kier alpha value is -2.14. The number of oxazole rings is 1. The minimum atomic E-state index is -0.197. The van der Waals surface area contributed by atoms with E-state index in [2.05, 4.69) is 22.5 Å². The van der Waals surface area contributed by atoms with Gasteiger partial charge in [0.25, 0.3) is 5.91 Å². The van der Waals surface area contributed by atoms with Crippen LogP contribution in [0.1, 0.15) is 29.6 Å². The van der Waals surface area contributed by atoms with Gasteiger partial charge in [0.05, 0.1) is 0 Å². The lowest BCUT2D eigenvalue weighted by Crippen LogP contribution is -2.32. The van der Waals surface area contributed by atoms with Crippen LogP contribution in [-0.2, 0) is 0 Å². The van der Waals surface area contributed by atoms with E-state index in [4.69, 9.17) is 4.42 Å². The van der Waals surface area contributed by atoms with Crippen molar-refractivity contribution in [2.24, 2.45) is 0 Å². The van der Waals surface area contributed by atoms with Crippen molar-refractivity contribution in [1.29, 1.82) is 0 Å². The highest BCUT2D eigenvalue weighted by Crippen LogP contribution is 2.21. The molecule has 5 nitrogen and oxygen atoms in total. The molecule has 5 heteroatoms. The van der Waals surface area contributed by atoms with Crippen LogP contribution in [0.5, 0.6) is 0 Å². The molecule has 0 saturated heterocycles. The van der Waals surface area contributed by atoms with Crippen LogP contribution in [0.4, 0.5) is 0 Å². The number of carbonyl (C=O) groups is 1. The third kappa shape index (κ3) is 4.16. The van der Waals surface area contributed by atoms with E-state index in [1.807, 2.05) is 30.3 Å². The van der Waals surface area contributed by atoms with Crippen molar-refractivity contribution < 1.29 is 9.21 Å². The second kappa shape index (κ2) is 7.59. The van der Waals surface area contributed by atoms with E-state index in [1.165, 1.54) is 0 Å². The second-order valence-electron chi connectivity index (χ2n) is 4.80. The third-order valence-corrected chi connectivity index (χ3v) is 3.05. The summed E-state index contributed by atoms with van der Waals surface area (Å²) < 4.78 is 5.58. The highest BCUT2D eigenvalue weighted by Gasteiger charge is 2.17. The van der Waals surface area contributed by atoms with Crippen LogP contribution in [0.3, 0.4) is 0 Å². The number of nitrogens with zero attached hydrogens (tertiary/aromatic N) is 1. The maximum Gasteiger partial charge on any atom is 0.273 e. The summed E-state index contributed by atoms with van der Waals surface area (Å²) in [7, 11) is 0. The molecule has 1 heterocycles. The molecule has 0 radical (unpaired) electrons. The van der Waals surface area contributed by atoms with Crippen LogP contribution in [0.15, 0.2) is 34.7 Å². The summed E-state index contributed by atoms with van der Waals surface area (Å²) in [5.41, 5.74) is 1.22. The molecule has 2 aromatic rings. The first-order valence-electron chi connectivity index (χ1n) is 7.24. The monoisotopic (exact) mass is 287 g/mol. The molecular weight excluding hydrogens is 266 g/mol. The Morgan fingerprint density at radius 1 is 1.19 bits per heavy atom. The highest BCUT2D eigenvalue weighted by atomic mass is 16.4. The zero-order valence-corrected chi connectivity index (χ0v) is 12.5. The van der Waals surface area contributed by atoms with Crippen molar-refractivity contribution in [2.75, 3.05) is 19.6 Å². The van der Waals surface area contributed by atoms with Crippen molar-refractivity contribution in [3.05, 3.63) is 41.8 Å². The number of carbonyl (C=O) groups excluding carboxylic acids is 1. The van der Waals surface area contributed by atoms with Gasteiger partial charge in [0.2, 0.25) is 5.89 Å². The molecule has 1 aromatic carbocycles. The lowest BCUT2D eigenvalue weighted by molar-refractivity contribution is 0.0948. The van der Waals surface area contributed by atoms with E-state index < -0.39 is 0 Å². The average molecular weight is 287 g/mol. The van der Waals surface area contributed by atoms with Gasteiger partial charge in [-0.05, 0) is 32.0 Å². The van der Waals surface area contributed by atoms with Gasteiger partial charge in [-0.25, -0.2) is 4.98 Å². The van der Waals surface area contributed by atoms with Gasteiger partial charge in [-0.3, -0.25) is 4.79 Å². The van der Waals surface area contributed by atoms with Gasteiger partial charge in [-0.2, -0.15) is 0 Å². The predicted molar refractivity (Wildman–Crippen MR) is 82.2 cm³/mol. The second-order valence-corrected chi connectivity index (χ2v) is 4.80. The largest absolute Gasteiger partial charge is 0.441 e. The van der Waals surface area contributed by atoms with Gasteiger partial charge < -0.3 is 15.1 Å². The van der Waals surface area contributed by atoms with E-state index in [1.54, 1.807) is 6.92 Å². The van der Waals surface area contributed by atoms with Gasteiger partial charge in [-0.1, -0.05) is 25.1 Å². The molecule has 0 saturated carbocycles. The van der Waals surface area contributed by atoms with Crippen LogP contribution in [-0.4, -0.2) is 30.5 Å². The fraction of sp³-hybridized carbons (Fsp3) is 0.375. The minimum Gasteiger partial charge on any atom is -0.441 e. The highest BCUT2D eigenvalue weighted by molar-refractivity contribution is 5.93. The molecule has 1 amide bonds.